The molecule has 9 heteroatoms. The van der Waals surface area contributed by atoms with Crippen molar-refractivity contribution in [3.63, 3.8) is 0 Å². The fourth-order valence-electron chi connectivity index (χ4n) is 1.31. The van der Waals surface area contributed by atoms with Crippen LogP contribution in [0.5, 0.6) is 0 Å². The minimum Gasteiger partial charge on any atom is -0.480 e. The monoisotopic (exact) mass is 269 g/mol. The molecule has 9 nitrogen and oxygen atoms in total. The SMILES string of the molecule is N[C@H](C(=O)O)C(Nc1ccc([N+](=O)[O-])cc1)C(=O)O. The number of nitrogens with two attached hydrogens (primary N) is 1. The van der Waals surface area contributed by atoms with Gasteiger partial charge in [-0.1, -0.05) is 0 Å². The minimum atomic E-state index is -1.65. The second-order valence-electron chi connectivity index (χ2n) is 3.63. The largest absolute Gasteiger partial charge is 0.480 e. The molecule has 0 heterocycles. The van der Waals surface area contributed by atoms with Crippen LogP contribution in [0.4, 0.5) is 11.4 Å². The van der Waals surface area contributed by atoms with E-state index in [4.69, 9.17) is 15.9 Å². The summed E-state index contributed by atoms with van der Waals surface area (Å²) in [5.74, 6) is -2.91. The number of carbonyl (C=O) groups is 2. The lowest BCUT2D eigenvalue weighted by Gasteiger charge is -2.18. The van der Waals surface area contributed by atoms with Gasteiger partial charge in [0.05, 0.1) is 4.92 Å². The summed E-state index contributed by atoms with van der Waals surface area (Å²) in [6.07, 6.45) is 0. The molecule has 0 amide bonds. The molecule has 5 N–H and O–H groups in total. The Morgan fingerprint density at radius 3 is 2.11 bits per heavy atom. The Morgan fingerprint density at radius 2 is 1.74 bits per heavy atom. The van der Waals surface area contributed by atoms with Crippen LogP contribution in [0.2, 0.25) is 0 Å². The fourth-order valence-corrected chi connectivity index (χ4v) is 1.31. The van der Waals surface area contributed by atoms with Crippen LogP contribution in [0.15, 0.2) is 24.3 Å². The zero-order chi connectivity index (χ0) is 14.6. The van der Waals surface area contributed by atoms with Crippen LogP contribution < -0.4 is 11.1 Å². The number of carboxylic acids is 2. The number of nitrogens with one attached hydrogen (secondary N) is 1. The molecule has 19 heavy (non-hydrogen) atoms. The topological polar surface area (TPSA) is 156 Å². The second kappa shape index (κ2) is 5.78. The molecule has 102 valence electrons. The van der Waals surface area contributed by atoms with Gasteiger partial charge >= 0.3 is 11.9 Å². The molecule has 0 aliphatic heterocycles. The summed E-state index contributed by atoms with van der Waals surface area (Å²) in [7, 11) is 0. The van der Waals surface area contributed by atoms with Crippen LogP contribution in [0.3, 0.4) is 0 Å². The van der Waals surface area contributed by atoms with E-state index in [0.29, 0.717) is 0 Å². The predicted octanol–water partition coefficient (Wildman–Crippen LogP) is -0.128. The number of anilines is 1. The molecular formula is C10H11N3O6. The normalized spacial score (nSPS) is 13.3. The van der Waals surface area contributed by atoms with Crippen molar-refractivity contribution in [1.29, 1.82) is 0 Å². The van der Waals surface area contributed by atoms with Crippen molar-refractivity contribution < 1.29 is 24.7 Å². The molecule has 0 spiro atoms. The van der Waals surface area contributed by atoms with Gasteiger partial charge in [-0.3, -0.25) is 14.9 Å². The first-order valence-electron chi connectivity index (χ1n) is 5.05. The third-order valence-corrected chi connectivity index (χ3v) is 2.31. The van der Waals surface area contributed by atoms with Crippen LogP contribution in [0.1, 0.15) is 0 Å². The number of hydrogen-bond donors (Lipinski definition) is 4. The number of aliphatic carboxylic acids is 2. The van der Waals surface area contributed by atoms with E-state index < -0.39 is 28.9 Å². The summed E-state index contributed by atoms with van der Waals surface area (Å²) in [6.45, 7) is 0. The molecule has 2 atom stereocenters. The smallest absolute Gasteiger partial charge is 0.328 e. The van der Waals surface area contributed by atoms with E-state index in [2.05, 4.69) is 5.32 Å². The average Bonchev–Trinajstić information content (AvgIpc) is 2.35. The lowest BCUT2D eigenvalue weighted by molar-refractivity contribution is -0.384. The van der Waals surface area contributed by atoms with E-state index in [0.717, 1.165) is 12.1 Å². The Balaban J connectivity index is 2.88. The number of rotatable bonds is 6. The summed E-state index contributed by atoms with van der Waals surface area (Å²) < 4.78 is 0. The van der Waals surface area contributed by atoms with Gasteiger partial charge in [0, 0.05) is 17.8 Å². The number of benzene rings is 1. The van der Waals surface area contributed by atoms with Gasteiger partial charge in [0.25, 0.3) is 5.69 Å². The van der Waals surface area contributed by atoms with E-state index in [1.807, 2.05) is 0 Å². The first-order valence-corrected chi connectivity index (χ1v) is 5.05. The van der Waals surface area contributed by atoms with E-state index >= 15 is 0 Å². The van der Waals surface area contributed by atoms with Gasteiger partial charge in [0.1, 0.15) is 6.04 Å². The van der Waals surface area contributed by atoms with Gasteiger partial charge in [-0.2, -0.15) is 0 Å². The third kappa shape index (κ3) is 3.64. The minimum absolute atomic E-state index is 0.167. The Morgan fingerprint density at radius 1 is 1.21 bits per heavy atom. The number of non-ortho nitro benzene ring substituents is 1. The van der Waals surface area contributed by atoms with Crippen molar-refractivity contribution in [2.24, 2.45) is 5.73 Å². The molecule has 1 rings (SSSR count). The maximum atomic E-state index is 10.9. The Bertz CT molecular complexity index is 500. The van der Waals surface area contributed by atoms with E-state index in [9.17, 15) is 19.7 Å². The molecule has 1 aromatic carbocycles. The van der Waals surface area contributed by atoms with Gasteiger partial charge in [-0.15, -0.1) is 0 Å². The molecule has 1 unspecified atom stereocenters. The molecule has 0 radical (unpaired) electrons. The molecule has 0 aromatic heterocycles. The summed E-state index contributed by atoms with van der Waals surface area (Å²) in [6, 6.07) is 1.67. The number of carboxylic acid groups (broad SMARTS) is 2. The quantitative estimate of drug-likeness (QED) is 0.411. The number of nitro benzene ring substituents is 1. The first kappa shape index (κ1) is 14.4. The molecular weight excluding hydrogens is 258 g/mol. The number of nitro groups is 1. The zero-order valence-electron chi connectivity index (χ0n) is 9.52. The Labute approximate surface area is 106 Å². The van der Waals surface area contributed by atoms with Gasteiger partial charge in [-0.25, -0.2) is 4.79 Å². The van der Waals surface area contributed by atoms with Crippen molar-refractivity contribution in [3.8, 4) is 0 Å². The molecule has 0 saturated carbocycles. The zero-order valence-corrected chi connectivity index (χ0v) is 9.52. The summed E-state index contributed by atoms with van der Waals surface area (Å²) >= 11 is 0. The van der Waals surface area contributed by atoms with Gasteiger partial charge in [0.2, 0.25) is 0 Å². The highest BCUT2D eigenvalue weighted by Gasteiger charge is 2.30. The highest BCUT2D eigenvalue weighted by Crippen LogP contribution is 2.16. The lowest BCUT2D eigenvalue weighted by Crippen LogP contribution is -2.50. The second-order valence-corrected chi connectivity index (χ2v) is 3.63. The van der Waals surface area contributed by atoms with Gasteiger partial charge in [0.15, 0.2) is 6.04 Å². The predicted molar refractivity (Wildman–Crippen MR) is 63.8 cm³/mol. The molecule has 0 aliphatic rings. The molecule has 0 aliphatic carbocycles. The number of hydrogen-bond acceptors (Lipinski definition) is 6. The summed E-state index contributed by atoms with van der Waals surface area (Å²) in [4.78, 5) is 31.4. The standard InChI is InChI=1S/C10H11N3O6/c11-7(9(14)15)8(10(16)17)12-5-1-3-6(4-2-5)13(18)19/h1-4,7-8,12H,11H2,(H,14,15)(H,16,17)/t7-,8?/m0/s1. The van der Waals surface area contributed by atoms with Crippen molar-refractivity contribution in [2.45, 2.75) is 12.1 Å². The maximum absolute atomic E-state index is 10.9. The molecule has 0 bridgehead atoms. The van der Waals surface area contributed by atoms with E-state index in [1.54, 1.807) is 0 Å². The van der Waals surface area contributed by atoms with Gasteiger partial charge < -0.3 is 21.3 Å². The van der Waals surface area contributed by atoms with Crippen molar-refractivity contribution in [1.82, 2.24) is 0 Å². The van der Waals surface area contributed by atoms with Gasteiger partial charge in [-0.05, 0) is 12.1 Å². The van der Waals surface area contributed by atoms with Crippen molar-refractivity contribution >= 4 is 23.3 Å². The van der Waals surface area contributed by atoms with Crippen LogP contribution in [0.25, 0.3) is 0 Å². The third-order valence-electron chi connectivity index (χ3n) is 2.31. The summed E-state index contributed by atoms with van der Waals surface area (Å²) in [5, 5.41) is 30.4. The van der Waals surface area contributed by atoms with Crippen LogP contribution in [0, 0.1) is 10.1 Å². The highest BCUT2D eigenvalue weighted by molar-refractivity contribution is 5.87. The number of nitrogens with zero attached hydrogens (tertiary/aromatic N) is 1. The Kier molecular flexibility index (Phi) is 4.37. The van der Waals surface area contributed by atoms with E-state index in [-0.39, 0.29) is 11.4 Å². The maximum Gasteiger partial charge on any atom is 0.328 e. The average molecular weight is 269 g/mol. The Hall–Kier alpha value is -2.68. The van der Waals surface area contributed by atoms with Crippen molar-refractivity contribution in [2.75, 3.05) is 5.32 Å². The van der Waals surface area contributed by atoms with Crippen molar-refractivity contribution in [3.05, 3.63) is 34.4 Å². The molecule has 1 aromatic rings. The summed E-state index contributed by atoms with van der Waals surface area (Å²) in [5.41, 5.74) is 5.29. The van der Waals surface area contributed by atoms with Crippen LogP contribution in [-0.2, 0) is 9.59 Å². The molecule has 0 fully saturated rings. The highest BCUT2D eigenvalue weighted by atomic mass is 16.6. The fraction of sp³-hybridized carbons (Fsp3) is 0.200. The molecule has 0 saturated heterocycles. The van der Waals surface area contributed by atoms with E-state index in [1.165, 1.54) is 12.1 Å². The lowest BCUT2D eigenvalue weighted by atomic mass is 10.1. The van der Waals surface area contributed by atoms with Crippen LogP contribution >= 0.6 is 0 Å². The first-order chi connectivity index (χ1) is 8.82. The van der Waals surface area contributed by atoms with Crippen LogP contribution in [-0.4, -0.2) is 39.2 Å².